The zero-order chi connectivity index (χ0) is 13.6. The number of amides is 1. The van der Waals surface area contributed by atoms with Crippen molar-refractivity contribution in [3.8, 4) is 0 Å². The number of carbonyl (C=O) groups excluding carboxylic acids is 1. The fourth-order valence-corrected chi connectivity index (χ4v) is 2.47. The minimum atomic E-state index is -0.467. The van der Waals surface area contributed by atoms with Crippen LogP contribution >= 0.6 is 0 Å². The third kappa shape index (κ3) is 2.00. The molecule has 0 saturated carbocycles. The molecule has 1 aliphatic heterocycles. The molecule has 2 heterocycles. The van der Waals surface area contributed by atoms with Gasteiger partial charge in [0.15, 0.2) is 5.76 Å². The summed E-state index contributed by atoms with van der Waals surface area (Å²) in [5.41, 5.74) is 1.14. The van der Waals surface area contributed by atoms with Crippen LogP contribution in [0.4, 0.5) is 4.39 Å². The Labute approximate surface area is 109 Å². The number of aliphatic hydroxyl groups is 1. The molecule has 1 N–H and O–H groups in total. The van der Waals surface area contributed by atoms with Gasteiger partial charge in [-0.1, -0.05) is 0 Å². The van der Waals surface area contributed by atoms with E-state index in [0.717, 1.165) is 0 Å². The number of fused-ring (bicyclic) bond motifs is 1. The molecular formula is C14H14FNO3. The minimum Gasteiger partial charge on any atom is -0.451 e. The molecule has 1 fully saturated rings. The van der Waals surface area contributed by atoms with Gasteiger partial charge >= 0.3 is 0 Å². The summed E-state index contributed by atoms with van der Waals surface area (Å²) >= 11 is 0. The molecular weight excluding hydrogens is 249 g/mol. The minimum absolute atomic E-state index is 0.231. The molecule has 19 heavy (non-hydrogen) atoms. The molecule has 0 radical (unpaired) electrons. The molecule has 1 amide bonds. The second-order valence-corrected chi connectivity index (χ2v) is 4.89. The van der Waals surface area contributed by atoms with Gasteiger partial charge in [0.1, 0.15) is 11.4 Å². The van der Waals surface area contributed by atoms with Crippen molar-refractivity contribution in [3.63, 3.8) is 0 Å². The van der Waals surface area contributed by atoms with Crippen molar-refractivity contribution in [1.29, 1.82) is 0 Å². The number of aryl methyl sites for hydroxylation is 1. The third-order valence-corrected chi connectivity index (χ3v) is 3.54. The normalized spacial score (nSPS) is 19.3. The van der Waals surface area contributed by atoms with Crippen molar-refractivity contribution >= 4 is 16.9 Å². The standard InChI is InChI=1S/C14H14FNO3/c1-8-11-6-9(15)2-3-12(11)19-13(8)14(18)16-5-4-10(17)7-16/h2-3,6,10,17H,4-5,7H2,1H3/t10-/m1/s1. The highest BCUT2D eigenvalue weighted by molar-refractivity contribution is 5.99. The summed E-state index contributed by atoms with van der Waals surface area (Å²) in [5, 5.41) is 10.1. The summed E-state index contributed by atoms with van der Waals surface area (Å²) in [6.07, 6.45) is 0.116. The molecule has 4 nitrogen and oxygen atoms in total. The van der Waals surface area contributed by atoms with Crippen molar-refractivity contribution in [2.45, 2.75) is 19.4 Å². The molecule has 1 aromatic carbocycles. The van der Waals surface area contributed by atoms with E-state index in [-0.39, 0.29) is 17.5 Å². The highest BCUT2D eigenvalue weighted by Gasteiger charge is 2.29. The zero-order valence-electron chi connectivity index (χ0n) is 10.5. The van der Waals surface area contributed by atoms with E-state index in [9.17, 15) is 14.3 Å². The molecule has 1 atom stereocenters. The summed E-state index contributed by atoms with van der Waals surface area (Å²) < 4.78 is 18.7. The Morgan fingerprint density at radius 1 is 1.53 bits per heavy atom. The fraction of sp³-hybridized carbons (Fsp3) is 0.357. The Bertz CT molecular complexity index is 649. The predicted molar refractivity (Wildman–Crippen MR) is 67.4 cm³/mol. The Hall–Kier alpha value is -1.88. The molecule has 3 rings (SSSR count). The maximum absolute atomic E-state index is 13.2. The fourth-order valence-electron chi connectivity index (χ4n) is 2.47. The predicted octanol–water partition coefficient (Wildman–Crippen LogP) is 2.09. The summed E-state index contributed by atoms with van der Waals surface area (Å²) in [5.74, 6) is -0.368. The Morgan fingerprint density at radius 2 is 2.32 bits per heavy atom. The van der Waals surface area contributed by atoms with Crippen LogP contribution in [0.3, 0.4) is 0 Å². The van der Waals surface area contributed by atoms with E-state index in [4.69, 9.17) is 4.42 Å². The first-order valence-corrected chi connectivity index (χ1v) is 6.22. The van der Waals surface area contributed by atoms with Gasteiger partial charge in [0.05, 0.1) is 6.10 Å². The van der Waals surface area contributed by atoms with Gasteiger partial charge in [-0.15, -0.1) is 0 Å². The van der Waals surface area contributed by atoms with E-state index in [1.165, 1.54) is 18.2 Å². The Morgan fingerprint density at radius 3 is 3.00 bits per heavy atom. The molecule has 1 aliphatic rings. The van der Waals surface area contributed by atoms with Gasteiger partial charge in [-0.25, -0.2) is 4.39 Å². The molecule has 2 aromatic rings. The summed E-state index contributed by atoms with van der Waals surface area (Å²) in [6, 6.07) is 4.19. The summed E-state index contributed by atoms with van der Waals surface area (Å²) in [7, 11) is 0. The number of furan rings is 1. The van der Waals surface area contributed by atoms with E-state index in [0.29, 0.717) is 36.0 Å². The molecule has 0 unspecified atom stereocenters. The van der Waals surface area contributed by atoms with Crippen molar-refractivity contribution in [1.82, 2.24) is 4.90 Å². The van der Waals surface area contributed by atoms with Crippen LogP contribution in [0.5, 0.6) is 0 Å². The van der Waals surface area contributed by atoms with E-state index in [1.54, 1.807) is 11.8 Å². The van der Waals surface area contributed by atoms with Crippen LogP contribution < -0.4 is 0 Å². The SMILES string of the molecule is Cc1c(C(=O)N2CC[C@@H](O)C2)oc2ccc(F)cc12. The van der Waals surface area contributed by atoms with Gasteiger partial charge < -0.3 is 14.4 Å². The second-order valence-electron chi connectivity index (χ2n) is 4.89. The van der Waals surface area contributed by atoms with Gasteiger partial charge in [0, 0.05) is 24.0 Å². The van der Waals surface area contributed by atoms with E-state index in [2.05, 4.69) is 0 Å². The third-order valence-electron chi connectivity index (χ3n) is 3.54. The van der Waals surface area contributed by atoms with Crippen LogP contribution in [-0.4, -0.2) is 35.1 Å². The largest absolute Gasteiger partial charge is 0.451 e. The number of nitrogens with zero attached hydrogens (tertiary/aromatic N) is 1. The molecule has 100 valence electrons. The Kier molecular flexibility index (Phi) is 2.78. The summed E-state index contributed by atoms with van der Waals surface area (Å²) in [6.45, 7) is 2.58. The molecule has 0 aliphatic carbocycles. The van der Waals surface area contributed by atoms with Crippen molar-refractivity contribution in [2.75, 3.05) is 13.1 Å². The van der Waals surface area contributed by atoms with E-state index in [1.807, 2.05) is 0 Å². The number of aliphatic hydroxyl groups excluding tert-OH is 1. The number of hydrogen-bond donors (Lipinski definition) is 1. The number of β-amino-alcohol motifs (C(OH)–C–C–N with tert-alkyl or cyclic N) is 1. The highest BCUT2D eigenvalue weighted by Crippen LogP contribution is 2.27. The summed E-state index contributed by atoms with van der Waals surface area (Å²) in [4.78, 5) is 13.9. The average Bonchev–Trinajstić information content (AvgIpc) is 2.94. The Balaban J connectivity index is 2.01. The first-order valence-electron chi connectivity index (χ1n) is 6.22. The maximum atomic E-state index is 13.2. The average molecular weight is 263 g/mol. The lowest BCUT2D eigenvalue weighted by molar-refractivity contribution is 0.0735. The van der Waals surface area contributed by atoms with Crippen LogP contribution in [0.1, 0.15) is 22.5 Å². The lowest BCUT2D eigenvalue weighted by Gasteiger charge is -2.13. The molecule has 5 heteroatoms. The van der Waals surface area contributed by atoms with Crippen LogP contribution in [0.2, 0.25) is 0 Å². The first kappa shape index (κ1) is 12.2. The van der Waals surface area contributed by atoms with Gasteiger partial charge in [-0.3, -0.25) is 4.79 Å². The molecule has 1 aromatic heterocycles. The number of likely N-dealkylation sites (tertiary alicyclic amines) is 1. The molecule has 0 spiro atoms. The number of benzene rings is 1. The zero-order valence-corrected chi connectivity index (χ0v) is 10.5. The molecule has 1 saturated heterocycles. The number of rotatable bonds is 1. The lowest BCUT2D eigenvalue weighted by Crippen LogP contribution is -2.29. The van der Waals surface area contributed by atoms with Gasteiger partial charge in [0.2, 0.25) is 0 Å². The number of hydrogen-bond acceptors (Lipinski definition) is 3. The number of halogens is 1. The van der Waals surface area contributed by atoms with Gasteiger partial charge in [-0.2, -0.15) is 0 Å². The van der Waals surface area contributed by atoms with Crippen LogP contribution in [0.15, 0.2) is 22.6 Å². The van der Waals surface area contributed by atoms with Crippen LogP contribution in [-0.2, 0) is 0 Å². The maximum Gasteiger partial charge on any atom is 0.289 e. The topological polar surface area (TPSA) is 53.7 Å². The number of carbonyl (C=O) groups is 1. The first-order chi connectivity index (χ1) is 9.06. The smallest absolute Gasteiger partial charge is 0.289 e. The second kappa shape index (κ2) is 4.35. The highest BCUT2D eigenvalue weighted by atomic mass is 19.1. The van der Waals surface area contributed by atoms with Crippen molar-refractivity contribution < 1.29 is 18.7 Å². The van der Waals surface area contributed by atoms with E-state index < -0.39 is 6.10 Å². The van der Waals surface area contributed by atoms with Crippen molar-refractivity contribution in [2.24, 2.45) is 0 Å². The monoisotopic (exact) mass is 263 g/mol. The van der Waals surface area contributed by atoms with Gasteiger partial charge in [-0.05, 0) is 31.5 Å². The van der Waals surface area contributed by atoms with Crippen LogP contribution in [0, 0.1) is 12.7 Å². The van der Waals surface area contributed by atoms with Crippen LogP contribution in [0.25, 0.3) is 11.0 Å². The van der Waals surface area contributed by atoms with Crippen molar-refractivity contribution in [3.05, 3.63) is 35.3 Å². The molecule has 0 bridgehead atoms. The van der Waals surface area contributed by atoms with E-state index >= 15 is 0 Å². The van der Waals surface area contributed by atoms with Gasteiger partial charge in [0.25, 0.3) is 5.91 Å². The lowest BCUT2D eigenvalue weighted by atomic mass is 10.1. The quantitative estimate of drug-likeness (QED) is 0.857.